The number of halogens is 1. The molecule has 0 bridgehead atoms. The molecule has 2 saturated heterocycles. The summed E-state index contributed by atoms with van der Waals surface area (Å²) in [5.41, 5.74) is 1.86. The second-order valence-corrected chi connectivity index (χ2v) is 7.79. The zero-order valence-corrected chi connectivity index (χ0v) is 17.3. The second kappa shape index (κ2) is 8.36. The van der Waals surface area contributed by atoms with Gasteiger partial charge in [0.2, 0.25) is 17.7 Å². The van der Waals surface area contributed by atoms with Gasteiger partial charge in [-0.2, -0.15) is 0 Å². The molecule has 2 aliphatic heterocycles. The van der Waals surface area contributed by atoms with Crippen LogP contribution in [0.5, 0.6) is 5.75 Å². The lowest BCUT2D eigenvalue weighted by Crippen LogP contribution is -2.28. The fourth-order valence-electron chi connectivity index (χ4n) is 3.91. The Balaban J connectivity index is 1.47. The quantitative estimate of drug-likeness (QED) is 0.792. The Labute approximate surface area is 179 Å². The van der Waals surface area contributed by atoms with Crippen molar-refractivity contribution in [1.82, 2.24) is 0 Å². The van der Waals surface area contributed by atoms with E-state index in [2.05, 4.69) is 5.32 Å². The molecular formula is C22H22ClN3O4. The summed E-state index contributed by atoms with van der Waals surface area (Å²) in [5.74, 6) is -0.286. The molecular weight excluding hydrogens is 406 g/mol. The van der Waals surface area contributed by atoms with Crippen LogP contribution in [-0.4, -0.2) is 37.9 Å². The number of rotatable bonds is 5. The molecule has 4 rings (SSSR count). The third kappa shape index (κ3) is 3.85. The molecule has 0 aromatic heterocycles. The largest absolute Gasteiger partial charge is 0.494 e. The first-order valence-corrected chi connectivity index (χ1v) is 10.2. The normalized spacial score (nSPS) is 18.8. The van der Waals surface area contributed by atoms with Crippen LogP contribution in [-0.2, 0) is 14.4 Å². The Morgan fingerprint density at radius 3 is 2.60 bits per heavy atom. The van der Waals surface area contributed by atoms with Crippen LogP contribution in [0, 0.1) is 5.92 Å². The van der Waals surface area contributed by atoms with Gasteiger partial charge in [0.15, 0.2) is 0 Å². The van der Waals surface area contributed by atoms with Gasteiger partial charge in [-0.25, -0.2) is 0 Å². The molecule has 0 spiro atoms. The highest BCUT2D eigenvalue weighted by molar-refractivity contribution is 6.34. The Kier molecular flexibility index (Phi) is 5.63. The summed E-state index contributed by atoms with van der Waals surface area (Å²) in [4.78, 5) is 40.5. The molecule has 2 aromatic rings. The summed E-state index contributed by atoms with van der Waals surface area (Å²) < 4.78 is 5.44. The van der Waals surface area contributed by atoms with Gasteiger partial charge in [-0.1, -0.05) is 23.7 Å². The predicted octanol–water partition coefficient (Wildman–Crippen LogP) is 3.47. The minimum Gasteiger partial charge on any atom is -0.494 e. The van der Waals surface area contributed by atoms with E-state index in [4.69, 9.17) is 16.3 Å². The lowest BCUT2D eigenvalue weighted by atomic mass is 10.1. The number of ether oxygens (including phenoxy) is 1. The number of nitrogens with zero attached hydrogens (tertiary/aromatic N) is 2. The van der Waals surface area contributed by atoms with E-state index >= 15 is 0 Å². The van der Waals surface area contributed by atoms with Gasteiger partial charge in [0.1, 0.15) is 5.75 Å². The van der Waals surface area contributed by atoms with Crippen molar-refractivity contribution in [3.8, 4) is 5.75 Å². The van der Waals surface area contributed by atoms with Crippen LogP contribution in [0.15, 0.2) is 42.5 Å². The molecule has 0 aliphatic carbocycles. The topological polar surface area (TPSA) is 79.0 Å². The molecule has 156 valence electrons. The average Bonchev–Trinajstić information content (AvgIpc) is 3.34. The van der Waals surface area contributed by atoms with Gasteiger partial charge in [-0.05, 0) is 30.7 Å². The maximum Gasteiger partial charge on any atom is 0.229 e. The molecule has 2 aromatic carbocycles. The van der Waals surface area contributed by atoms with Crippen LogP contribution in [0.1, 0.15) is 19.3 Å². The van der Waals surface area contributed by atoms with E-state index in [9.17, 15) is 14.4 Å². The van der Waals surface area contributed by atoms with Crippen LogP contribution < -0.4 is 19.9 Å². The maximum absolute atomic E-state index is 12.8. The summed E-state index contributed by atoms with van der Waals surface area (Å²) in [6.07, 6.45) is 1.46. The average molecular weight is 428 g/mol. The highest BCUT2D eigenvalue weighted by Crippen LogP contribution is 2.35. The van der Waals surface area contributed by atoms with Crippen molar-refractivity contribution >= 4 is 46.4 Å². The molecule has 1 atom stereocenters. The Hall–Kier alpha value is -3.06. The number of hydrogen-bond donors (Lipinski definition) is 1. The van der Waals surface area contributed by atoms with Crippen molar-refractivity contribution in [3.63, 3.8) is 0 Å². The third-order valence-corrected chi connectivity index (χ3v) is 5.77. The minimum absolute atomic E-state index is 0.0641. The monoisotopic (exact) mass is 427 g/mol. The Morgan fingerprint density at radius 2 is 1.90 bits per heavy atom. The molecule has 1 unspecified atom stereocenters. The smallest absolute Gasteiger partial charge is 0.229 e. The zero-order chi connectivity index (χ0) is 21.3. The van der Waals surface area contributed by atoms with Crippen molar-refractivity contribution in [2.75, 3.05) is 35.3 Å². The van der Waals surface area contributed by atoms with E-state index in [1.165, 1.54) is 7.11 Å². The van der Waals surface area contributed by atoms with Gasteiger partial charge in [-0.3, -0.25) is 14.4 Å². The van der Waals surface area contributed by atoms with Gasteiger partial charge in [0.25, 0.3) is 0 Å². The highest BCUT2D eigenvalue weighted by Gasteiger charge is 2.36. The molecule has 30 heavy (non-hydrogen) atoms. The molecule has 2 aliphatic rings. The lowest BCUT2D eigenvalue weighted by molar-refractivity contribution is -0.122. The SMILES string of the molecule is COc1cc(NC(=O)C2CC(=O)N(c3ccccc3Cl)C2)ccc1N1CCCC1=O. The lowest BCUT2D eigenvalue weighted by Gasteiger charge is -2.20. The summed E-state index contributed by atoms with van der Waals surface area (Å²) in [6, 6.07) is 12.3. The van der Waals surface area contributed by atoms with E-state index in [1.54, 1.807) is 52.3 Å². The number of anilines is 3. The van der Waals surface area contributed by atoms with E-state index in [0.717, 1.165) is 6.42 Å². The number of carbonyl (C=O) groups excluding carboxylic acids is 3. The van der Waals surface area contributed by atoms with Crippen LogP contribution >= 0.6 is 11.6 Å². The fourth-order valence-corrected chi connectivity index (χ4v) is 4.15. The molecule has 0 saturated carbocycles. The zero-order valence-electron chi connectivity index (χ0n) is 16.6. The van der Waals surface area contributed by atoms with Crippen molar-refractivity contribution in [2.24, 2.45) is 5.92 Å². The third-order valence-electron chi connectivity index (χ3n) is 5.45. The number of amides is 3. The summed E-state index contributed by atoms with van der Waals surface area (Å²) in [5, 5.41) is 3.34. The van der Waals surface area contributed by atoms with E-state index < -0.39 is 5.92 Å². The number of methoxy groups -OCH3 is 1. The molecule has 7 nitrogen and oxygen atoms in total. The molecule has 0 radical (unpaired) electrons. The maximum atomic E-state index is 12.8. The summed E-state index contributed by atoms with van der Waals surface area (Å²) >= 11 is 6.20. The first-order valence-electron chi connectivity index (χ1n) is 9.82. The van der Waals surface area contributed by atoms with Crippen molar-refractivity contribution in [1.29, 1.82) is 0 Å². The Morgan fingerprint density at radius 1 is 1.10 bits per heavy atom. The van der Waals surface area contributed by atoms with Crippen LogP contribution in [0.3, 0.4) is 0 Å². The number of benzene rings is 2. The number of nitrogens with one attached hydrogen (secondary N) is 1. The van der Waals surface area contributed by atoms with Crippen molar-refractivity contribution < 1.29 is 19.1 Å². The standard InChI is InChI=1S/C22H22ClN3O4/c1-30-19-12-15(8-9-18(19)25-10-4-7-20(25)27)24-22(29)14-11-21(28)26(13-14)17-6-3-2-5-16(17)23/h2-3,5-6,8-9,12,14H,4,7,10-11,13H2,1H3,(H,24,29). The summed E-state index contributed by atoms with van der Waals surface area (Å²) in [6.45, 7) is 0.925. The molecule has 2 fully saturated rings. The first kappa shape index (κ1) is 20.2. The summed E-state index contributed by atoms with van der Waals surface area (Å²) in [7, 11) is 1.53. The van der Waals surface area contributed by atoms with E-state index in [0.29, 0.717) is 40.8 Å². The number of para-hydroxylation sites is 1. The highest BCUT2D eigenvalue weighted by atomic mass is 35.5. The number of hydrogen-bond acceptors (Lipinski definition) is 4. The van der Waals surface area contributed by atoms with Crippen LogP contribution in [0.2, 0.25) is 5.02 Å². The van der Waals surface area contributed by atoms with Crippen LogP contribution in [0.25, 0.3) is 0 Å². The fraction of sp³-hybridized carbons (Fsp3) is 0.318. The Bertz CT molecular complexity index is 1010. The van der Waals surface area contributed by atoms with E-state index in [1.807, 2.05) is 0 Å². The van der Waals surface area contributed by atoms with E-state index in [-0.39, 0.29) is 30.7 Å². The first-order chi connectivity index (χ1) is 14.5. The number of carbonyl (C=O) groups is 3. The molecule has 1 N–H and O–H groups in total. The molecule has 3 amide bonds. The molecule has 8 heteroatoms. The van der Waals surface area contributed by atoms with Gasteiger partial charge < -0.3 is 19.9 Å². The predicted molar refractivity (Wildman–Crippen MR) is 115 cm³/mol. The van der Waals surface area contributed by atoms with Crippen molar-refractivity contribution in [3.05, 3.63) is 47.5 Å². The van der Waals surface area contributed by atoms with Gasteiger partial charge in [-0.15, -0.1) is 0 Å². The van der Waals surface area contributed by atoms with Gasteiger partial charge >= 0.3 is 0 Å². The van der Waals surface area contributed by atoms with Gasteiger partial charge in [0, 0.05) is 37.7 Å². The minimum atomic E-state index is -0.486. The second-order valence-electron chi connectivity index (χ2n) is 7.38. The van der Waals surface area contributed by atoms with Crippen LogP contribution in [0.4, 0.5) is 17.1 Å². The molecule has 2 heterocycles. The van der Waals surface area contributed by atoms with Gasteiger partial charge in [0.05, 0.1) is 29.4 Å². The van der Waals surface area contributed by atoms with Crippen molar-refractivity contribution in [2.45, 2.75) is 19.3 Å².